The van der Waals surface area contributed by atoms with E-state index in [1.165, 1.54) is 12.8 Å². The molecular formula is C11H19N3O2. The fourth-order valence-corrected chi connectivity index (χ4v) is 1.46. The third kappa shape index (κ3) is 4.61. The van der Waals surface area contributed by atoms with E-state index in [1.807, 2.05) is 0 Å². The van der Waals surface area contributed by atoms with Crippen LogP contribution in [-0.4, -0.2) is 37.5 Å². The van der Waals surface area contributed by atoms with Gasteiger partial charge in [-0.2, -0.15) is 0 Å². The summed E-state index contributed by atoms with van der Waals surface area (Å²) in [5, 5.41) is 8.50. The molecule has 2 saturated carbocycles. The Labute approximate surface area is 95.3 Å². The molecule has 0 unspecified atom stereocenters. The van der Waals surface area contributed by atoms with Crippen LogP contribution >= 0.6 is 0 Å². The zero-order valence-electron chi connectivity index (χ0n) is 9.42. The molecule has 3 N–H and O–H groups in total. The summed E-state index contributed by atoms with van der Waals surface area (Å²) in [5.74, 6) is 0.579. The lowest BCUT2D eigenvalue weighted by molar-refractivity contribution is -0.125. The Morgan fingerprint density at radius 1 is 1.00 bits per heavy atom. The highest BCUT2D eigenvalue weighted by Gasteiger charge is 2.23. The Kier molecular flexibility index (Phi) is 3.77. The molecule has 2 amide bonds. The molecule has 0 bridgehead atoms. The minimum Gasteiger partial charge on any atom is -0.352 e. The van der Waals surface area contributed by atoms with Crippen molar-refractivity contribution in [3.05, 3.63) is 0 Å². The number of nitrogens with one attached hydrogen (secondary N) is 3. The van der Waals surface area contributed by atoms with Crippen molar-refractivity contribution in [2.75, 3.05) is 19.6 Å². The van der Waals surface area contributed by atoms with Crippen LogP contribution in [-0.2, 0) is 9.59 Å². The summed E-state index contributed by atoms with van der Waals surface area (Å²) in [6.45, 7) is 1.33. The fraction of sp³-hybridized carbons (Fsp3) is 0.818. The quantitative estimate of drug-likeness (QED) is 0.541. The minimum absolute atomic E-state index is 0.0851. The van der Waals surface area contributed by atoms with Gasteiger partial charge >= 0.3 is 0 Å². The molecule has 2 rings (SSSR count). The molecule has 0 aromatic heterocycles. The van der Waals surface area contributed by atoms with E-state index in [1.54, 1.807) is 0 Å². The number of carbonyl (C=O) groups excluding carboxylic acids is 2. The van der Waals surface area contributed by atoms with E-state index in [4.69, 9.17) is 0 Å². The Balaban J connectivity index is 1.46. The first-order valence-electron chi connectivity index (χ1n) is 6.01. The molecule has 0 aliphatic heterocycles. The third-order valence-electron chi connectivity index (χ3n) is 2.80. The molecule has 90 valence electrons. The molecular weight excluding hydrogens is 206 g/mol. The maximum atomic E-state index is 11.3. The van der Waals surface area contributed by atoms with Gasteiger partial charge in [-0.15, -0.1) is 0 Å². The van der Waals surface area contributed by atoms with Crippen molar-refractivity contribution in [1.29, 1.82) is 0 Å². The van der Waals surface area contributed by atoms with Crippen LogP contribution in [0.5, 0.6) is 0 Å². The smallest absolute Gasteiger partial charge is 0.239 e. The largest absolute Gasteiger partial charge is 0.352 e. The van der Waals surface area contributed by atoms with Crippen LogP contribution in [0.3, 0.4) is 0 Å². The molecule has 2 aliphatic carbocycles. The van der Waals surface area contributed by atoms with Crippen molar-refractivity contribution in [2.24, 2.45) is 5.92 Å². The second-order valence-corrected chi connectivity index (χ2v) is 4.69. The summed E-state index contributed by atoms with van der Waals surface area (Å²) in [7, 11) is 0. The van der Waals surface area contributed by atoms with Gasteiger partial charge in [0.05, 0.1) is 13.1 Å². The molecule has 5 nitrogen and oxygen atoms in total. The van der Waals surface area contributed by atoms with Crippen LogP contribution in [0.1, 0.15) is 25.7 Å². The fourth-order valence-electron chi connectivity index (χ4n) is 1.46. The molecule has 0 saturated heterocycles. The van der Waals surface area contributed by atoms with Gasteiger partial charge < -0.3 is 16.0 Å². The van der Waals surface area contributed by atoms with Gasteiger partial charge in [-0.1, -0.05) is 0 Å². The van der Waals surface area contributed by atoms with Crippen molar-refractivity contribution >= 4 is 11.8 Å². The van der Waals surface area contributed by atoms with Crippen LogP contribution in [0.25, 0.3) is 0 Å². The number of hydrogen-bond acceptors (Lipinski definition) is 3. The van der Waals surface area contributed by atoms with Gasteiger partial charge in [0.2, 0.25) is 11.8 Å². The molecule has 0 aromatic carbocycles. The summed E-state index contributed by atoms with van der Waals surface area (Å²) in [4.78, 5) is 22.5. The van der Waals surface area contributed by atoms with Crippen molar-refractivity contribution in [2.45, 2.75) is 31.7 Å². The second-order valence-electron chi connectivity index (χ2n) is 4.69. The molecule has 5 heteroatoms. The molecule has 0 spiro atoms. The second kappa shape index (κ2) is 5.30. The predicted molar refractivity (Wildman–Crippen MR) is 59.8 cm³/mol. The maximum absolute atomic E-state index is 11.3. The van der Waals surface area contributed by atoms with Crippen molar-refractivity contribution in [1.82, 2.24) is 16.0 Å². The van der Waals surface area contributed by atoms with Gasteiger partial charge in [0.1, 0.15) is 0 Å². The van der Waals surface area contributed by atoms with E-state index >= 15 is 0 Å². The van der Waals surface area contributed by atoms with Gasteiger partial charge in [0.15, 0.2) is 0 Å². The minimum atomic E-state index is -0.105. The number of carbonyl (C=O) groups is 2. The molecule has 0 atom stereocenters. The number of hydrogen-bond donors (Lipinski definition) is 3. The Bertz CT molecular complexity index is 272. The molecule has 2 aliphatic rings. The Morgan fingerprint density at radius 2 is 1.75 bits per heavy atom. The molecule has 2 fully saturated rings. The van der Waals surface area contributed by atoms with Crippen molar-refractivity contribution in [3.8, 4) is 0 Å². The standard InChI is InChI=1S/C11H19N3O2/c15-10(6-12-5-8-1-2-8)13-7-11(16)14-9-3-4-9/h8-9,12H,1-7H2,(H,13,15)(H,14,16). The van der Waals surface area contributed by atoms with Gasteiger partial charge in [-0.05, 0) is 38.1 Å². The van der Waals surface area contributed by atoms with Crippen molar-refractivity contribution < 1.29 is 9.59 Å². The summed E-state index contributed by atoms with van der Waals surface area (Å²) in [6.07, 6.45) is 4.70. The Morgan fingerprint density at radius 3 is 2.38 bits per heavy atom. The summed E-state index contributed by atoms with van der Waals surface area (Å²) < 4.78 is 0. The zero-order valence-corrected chi connectivity index (χ0v) is 9.42. The van der Waals surface area contributed by atoms with Gasteiger partial charge in [0.25, 0.3) is 0 Å². The molecule has 0 heterocycles. The van der Waals surface area contributed by atoms with Crippen molar-refractivity contribution in [3.63, 3.8) is 0 Å². The lowest BCUT2D eigenvalue weighted by Crippen LogP contribution is -2.41. The van der Waals surface area contributed by atoms with Crippen LogP contribution in [0.2, 0.25) is 0 Å². The highest BCUT2D eigenvalue weighted by atomic mass is 16.2. The van der Waals surface area contributed by atoms with E-state index < -0.39 is 0 Å². The van der Waals surface area contributed by atoms with Gasteiger partial charge in [0, 0.05) is 6.04 Å². The zero-order chi connectivity index (χ0) is 11.4. The number of amides is 2. The van der Waals surface area contributed by atoms with Crippen LogP contribution < -0.4 is 16.0 Å². The first-order chi connectivity index (χ1) is 7.74. The highest BCUT2D eigenvalue weighted by Crippen LogP contribution is 2.27. The summed E-state index contributed by atoms with van der Waals surface area (Å²) in [6, 6.07) is 0.359. The highest BCUT2D eigenvalue weighted by molar-refractivity contribution is 5.85. The van der Waals surface area contributed by atoms with E-state index in [-0.39, 0.29) is 18.4 Å². The predicted octanol–water partition coefficient (Wildman–Crippen LogP) is -0.619. The topological polar surface area (TPSA) is 70.2 Å². The van der Waals surface area contributed by atoms with Crippen LogP contribution in [0, 0.1) is 5.92 Å². The summed E-state index contributed by atoms with van der Waals surface area (Å²) in [5.41, 5.74) is 0. The lowest BCUT2D eigenvalue weighted by Gasteiger charge is -2.06. The van der Waals surface area contributed by atoms with E-state index in [0.29, 0.717) is 12.6 Å². The lowest BCUT2D eigenvalue weighted by atomic mass is 10.4. The monoisotopic (exact) mass is 225 g/mol. The normalized spacial score (nSPS) is 19.2. The van der Waals surface area contributed by atoms with Gasteiger partial charge in [-0.3, -0.25) is 9.59 Å². The molecule has 0 radical (unpaired) electrons. The summed E-state index contributed by atoms with van der Waals surface area (Å²) >= 11 is 0. The maximum Gasteiger partial charge on any atom is 0.239 e. The SMILES string of the molecule is O=C(CNCC1CC1)NCC(=O)NC1CC1. The van der Waals surface area contributed by atoms with Crippen LogP contribution in [0.15, 0.2) is 0 Å². The molecule has 0 aromatic rings. The first-order valence-corrected chi connectivity index (χ1v) is 6.01. The number of rotatable bonds is 7. The van der Waals surface area contributed by atoms with Gasteiger partial charge in [-0.25, -0.2) is 0 Å². The average molecular weight is 225 g/mol. The van der Waals surface area contributed by atoms with Crippen LogP contribution in [0.4, 0.5) is 0 Å². The van der Waals surface area contributed by atoms with E-state index in [2.05, 4.69) is 16.0 Å². The third-order valence-corrected chi connectivity index (χ3v) is 2.80. The van der Waals surface area contributed by atoms with E-state index in [0.717, 1.165) is 25.3 Å². The molecule has 16 heavy (non-hydrogen) atoms. The average Bonchev–Trinajstić information content (AvgIpc) is 3.08. The van der Waals surface area contributed by atoms with E-state index in [9.17, 15) is 9.59 Å². The Hall–Kier alpha value is -1.10. The first kappa shape index (κ1) is 11.4.